The van der Waals surface area contributed by atoms with Crippen LogP contribution in [0.5, 0.6) is 0 Å². The van der Waals surface area contributed by atoms with Crippen molar-refractivity contribution in [1.29, 1.82) is 0 Å². The van der Waals surface area contributed by atoms with E-state index in [0.29, 0.717) is 28.2 Å². The minimum atomic E-state index is -5.47. The molecule has 0 bridgehead atoms. The number of para-hydroxylation sites is 1. The van der Waals surface area contributed by atoms with E-state index in [4.69, 9.17) is 33.4 Å². The van der Waals surface area contributed by atoms with Gasteiger partial charge >= 0.3 is 5.97 Å². The van der Waals surface area contributed by atoms with E-state index in [1.807, 2.05) is 0 Å². The zero-order chi connectivity index (χ0) is 90.8. The second-order valence-corrected chi connectivity index (χ2v) is 33.9. The Kier molecular flexibility index (Phi) is 38.1. The number of nitrogens with one attached hydrogen (secondary N) is 10. The van der Waals surface area contributed by atoms with Crippen molar-refractivity contribution in [2.45, 2.75) is 232 Å². The lowest BCUT2D eigenvalue weighted by Crippen LogP contribution is -2.63. The molecule has 2 fully saturated rings. The number of ether oxygens (including phenoxy) is 1. The maximum absolute atomic E-state index is 15.2. The first-order valence-electron chi connectivity index (χ1n) is 38.9. The van der Waals surface area contributed by atoms with Crippen LogP contribution in [0.4, 0.5) is 5.69 Å². The van der Waals surface area contributed by atoms with Gasteiger partial charge in [0.1, 0.15) is 84.9 Å². The molecule has 1 unspecified atom stereocenters. The summed E-state index contributed by atoms with van der Waals surface area (Å²) in [5.74, 6) is -23.1. The summed E-state index contributed by atoms with van der Waals surface area (Å²) in [5.41, 5.74) is 26.5. The minimum absolute atomic E-state index is 0.00519. The van der Waals surface area contributed by atoms with Crippen molar-refractivity contribution in [2.75, 3.05) is 45.2 Å². The standard InChI is InChI=1S/C77H117N19O23S/c1-39(2)31-48-67(108)91-60(41(4)98)71(112)89-51(35-58(80)102)72(113)94(12)36-59(103)119-42(5)61(74(115)95(13)53(69(110)87-48)27-28-57(79)101)92-68(109)52(37-120(116,117)118)90-65(106)47(25-19-29-83-75(81)82)85-66(107)49(34-55(99)44-23-17-18-24-46(44)78)86-64(105)45(76(6,7)8)33-56(100)62(77(9,10)11)93-70(111)54-26-20-30-96(54)73(114)50(32-43-21-15-14-16-22-43)88-63(104)40(3)84-38-97/h14-18,21-24,38-42,45,47-54,60-62,98H,19-20,25-37,78H2,1-13H3,(H2,79,101)(H2,80,102)(H,84,97)(H,85,107)(H,86,105)(H,87,110)(H,88,104)(H,89,112)(H,90,106)(H,91,108)(H,92,109)(H,93,111)(H4,81,82,83)(H,116,117,118)/t40-,41-,42-,45-,47+,48-,49-,50+,51+,52-,53+,54+,60?,61+,62+/m1/s1. The molecule has 0 aliphatic carbocycles. The van der Waals surface area contributed by atoms with Crippen molar-refractivity contribution in [1.82, 2.24) is 67.9 Å². The number of nitrogen functional groups attached to an aromatic ring is 1. The first-order chi connectivity index (χ1) is 55.8. The van der Waals surface area contributed by atoms with Crippen LogP contribution in [0, 0.1) is 22.7 Å². The van der Waals surface area contributed by atoms with Gasteiger partial charge in [-0.25, -0.2) is 0 Å². The molecule has 664 valence electrons. The summed E-state index contributed by atoms with van der Waals surface area (Å²) in [5, 5.41) is 34.8. The van der Waals surface area contributed by atoms with Crippen LogP contribution in [0.1, 0.15) is 156 Å². The number of cyclic esters (lactones) is 1. The zero-order valence-corrected chi connectivity index (χ0v) is 70.5. The van der Waals surface area contributed by atoms with E-state index in [9.17, 15) is 80.4 Å². The van der Waals surface area contributed by atoms with Crippen LogP contribution < -0.4 is 81.8 Å². The molecule has 15 atom stereocenters. The van der Waals surface area contributed by atoms with Gasteiger partial charge in [-0.1, -0.05) is 97.9 Å². The number of ketones is 2. The highest BCUT2D eigenvalue weighted by atomic mass is 32.2. The molecule has 42 nitrogen and oxygen atoms in total. The molecular formula is C77H117N19O23S. The van der Waals surface area contributed by atoms with E-state index in [0.717, 1.165) is 27.9 Å². The summed E-state index contributed by atoms with van der Waals surface area (Å²) in [4.78, 5) is 260. The van der Waals surface area contributed by atoms with Gasteiger partial charge in [0.2, 0.25) is 89.1 Å². The lowest BCUT2D eigenvalue weighted by molar-refractivity contribution is -0.158. The number of carbonyl (C=O) groups is 18. The summed E-state index contributed by atoms with van der Waals surface area (Å²) in [6, 6.07) is -6.80. The number of guanidine groups is 1. The van der Waals surface area contributed by atoms with Gasteiger partial charge in [0.25, 0.3) is 10.1 Å². The van der Waals surface area contributed by atoms with Crippen molar-refractivity contribution in [3.8, 4) is 0 Å². The topological polar surface area (TPSA) is 664 Å². The van der Waals surface area contributed by atoms with E-state index in [1.54, 1.807) is 85.7 Å². The first-order valence-corrected chi connectivity index (χ1v) is 40.5. The van der Waals surface area contributed by atoms with Crippen LogP contribution in [-0.2, 0) is 103 Å². The number of esters is 1. The first kappa shape index (κ1) is 101. The number of aliphatic hydroxyl groups excluding tert-OH is 1. The van der Waals surface area contributed by atoms with E-state index in [1.165, 1.54) is 36.1 Å². The second kappa shape index (κ2) is 45.4. The Hall–Kier alpha value is -11.8. The third kappa shape index (κ3) is 31.5. The fourth-order valence-corrected chi connectivity index (χ4v) is 14.0. The number of hydrogen-bond donors (Lipinski definition) is 17. The summed E-state index contributed by atoms with van der Waals surface area (Å²) in [7, 11) is -3.52. The number of amides is 15. The monoisotopic (exact) mass is 1710 g/mol. The van der Waals surface area contributed by atoms with Crippen molar-refractivity contribution in [3.05, 3.63) is 65.7 Å². The second-order valence-electron chi connectivity index (χ2n) is 32.4. The number of primary amides is 2. The Bertz CT molecular complexity index is 4230. The highest BCUT2D eigenvalue weighted by molar-refractivity contribution is 7.85. The Balaban J connectivity index is 1.83. The molecule has 0 saturated carbocycles. The van der Waals surface area contributed by atoms with E-state index in [-0.39, 0.29) is 50.0 Å². The van der Waals surface area contributed by atoms with Gasteiger partial charge in [0, 0.05) is 70.0 Å². The predicted molar refractivity (Wildman–Crippen MR) is 432 cm³/mol. The average molecular weight is 1710 g/mol. The van der Waals surface area contributed by atoms with Crippen LogP contribution in [0.3, 0.4) is 0 Å². The molecular weight excluding hydrogens is 1590 g/mol. The lowest BCUT2D eigenvalue weighted by Gasteiger charge is -2.36. The fraction of sp³-hybridized carbons (Fsp3) is 0.597. The number of likely N-dealkylation sites (tertiary alicyclic amines) is 1. The molecule has 2 heterocycles. The maximum atomic E-state index is 15.2. The molecule has 0 spiro atoms. The number of benzene rings is 2. The summed E-state index contributed by atoms with van der Waals surface area (Å²) >= 11 is 0. The third-order valence-corrected chi connectivity index (χ3v) is 20.6. The number of aliphatic hydroxyl groups is 1. The third-order valence-electron chi connectivity index (χ3n) is 19.9. The van der Waals surface area contributed by atoms with Gasteiger partial charge in [-0.05, 0) is 93.7 Å². The molecule has 2 aromatic carbocycles. The molecule has 120 heavy (non-hydrogen) atoms. The Morgan fingerprint density at radius 1 is 0.700 bits per heavy atom. The molecule has 2 aromatic rings. The van der Waals surface area contributed by atoms with Crippen molar-refractivity contribution in [2.24, 2.45) is 50.6 Å². The Labute approximate surface area is 695 Å². The van der Waals surface area contributed by atoms with Gasteiger partial charge in [-0.15, -0.1) is 0 Å². The number of carbonyl (C=O) groups excluding carboxylic acids is 18. The number of hydrogen-bond acceptors (Lipinski definition) is 24. The SMILES string of the molecule is CC(C)C[C@H]1NC(=O)[C@H](CCC(N)=O)N(C)C(=O)[C@@H](NC(=O)[C@@H](CS(=O)(=O)O)NC(=O)[C@H](CCCN=C(N)N)NC(=O)[C@@H](CC(=O)c2ccccc2N)NC(=O)[C@@H](CC(=O)[C@H](NC(=O)[C@@H]2CCCN2C(=O)[C@H](Cc2ccccc2)NC(=O)[C@@H](C)NC=O)C(C)(C)C)C(C)(C)C)[C@@H](C)OC(=O)CN(C)C(=O)[C@H](CC(N)=O)NC(=O)C([C@@H](C)O)NC1=O. The summed E-state index contributed by atoms with van der Waals surface area (Å²) < 4.78 is 42.1. The molecule has 2 aliphatic heterocycles. The lowest BCUT2D eigenvalue weighted by atomic mass is 9.74. The van der Waals surface area contributed by atoms with Crippen LogP contribution >= 0.6 is 0 Å². The molecule has 4 rings (SSSR count). The maximum Gasteiger partial charge on any atom is 0.325 e. The Morgan fingerprint density at radius 3 is 1.86 bits per heavy atom. The molecule has 15 amide bonds. The summed E-state index contributed by atoms with van der Waals surface area (Å²) in [6.07, 6.45) is -7.80. The van der Waals surface area contributed by atoms with E-state index >= 15 is 24.0 Å². The van der Waals surface area contributed by atoms with Crippen LogP contribution in [0.15, 0.2) is 59.6 Å². The summed E-state index contributed by atoms with van der Waals surface area (Å²) in [6.45, 7) is 15.0. The normalized spacial score (nSPS) is 20.7. The average Bonchev–Trinajstić information content (AvgIpc) is 1.67. The van der Waals surface area contributed by atoms with Gasteiger partial charge in [0.05, 0.1) is 18.6 Å². The van der Waals surface area contributed by atoms with Crippen molar-refractivity contribution in [3.63, 3.8) is 0 Å². The quantitative estimate of drug-likeness (QED) is 0.00440. The van der Waals surface area contributed by atoms with E-state index < -0.39 is 275 Å². The van der Waals surface area contributed by atoms with E-state index in [2.05, 4.69) is 58.2 Å². The van der Waals surface area contributed by atoms with Gasteiger partial charge in [0.15, 0.2) is 17.5 Å². The van der Waals surface area contributed by atoms with Crippen molar-refractivity contribution < 1.29 is 109 Å². The van der Waals surface area contributed by atoms with Crippen LogP contribution in [0.25, 0.3) is 0 Å². The largest absolute Gasteiger partial charge is 0.459 e. The van der Waals surface area contributed by atoms with Gasteiger partial charge in [-0.2, -0.15) is 8.42 Å². The molecule has 0 aromatic heterocycles. The van der Waals surface area contributed by atoms with Gasteiger partial charge in [-0.3, -0.25) is 95.8 Å². The van der Waals surface area contributed by atoms with Crippen molar-refractivity contribution >= 4 is 128 Å². The molecule has 2 aliphatic rings. The fourth-order valence-electron chi connectivity index (χ4n) is 13.3. The number of likely N-dealkylation sites (N-methyl/N-ethyl adjacent to an activating group) is 2. The molecule has 0 radical (unpaired) electrons. The number of anilines is 1. The highest BCUT2D eigenvalue weighted by Gasteiger charge is 2.47. The molecule has 22 N–H and O–H groups in total. The van der Waals surface area contributed by atoms with Crippen LogP contribution in [0.2, 0.25) is 0 Å². The number of rotatable bonds is 37. The van der Waals surface area contributed by atoms with Gasteiger partial charge < -0.3 is 106 Å². The number of nitrogens with zero attached hydrogens (tertiary/aromatic N) is 4. The minimum Gasteiger partial charge on any atom is -0.459 e. The molecule has 2 saturated heterocycles. The van der Waals surface area contributed by atoms with Crippen LogP contribution in [-0.4, -0.2) is 270 Å². The molecule has 43 heteroatoms. The Morgan fingerprint density at radius 2 is 1.29 bits per heavy atom. The number of Topliss-reactive ketones (excluding diaryl/α,β-unsaturated/α-hetero) is 2. The number of nitrogens with two attached hydrogens (primary N) is 5. The smallest absolute Gasteiger partial charge is 0.325 e. The predicted octanol–water partition coefficient (Wildman–Crippen LogP) is -5.02. The zero-order valence-electron chi connectivity index (χ0n) is 69.7. The highest BCUT2D eigenvalue weighted by Crippen LogP contribution is 2.33. The number of aliphatic imine (C=N–C) groups is 1.